The summed E-state index contributed by atoms with van der Waals surface area (Å²) >= 11 is 1.98. The molecule has 0 unspecified atom stereocenters. The molecule has 0 radical (unpaired) electrons. The maximum absolute atomic E-state index is 11.8. The largest absolute Gasteiger partial charge is 0.373 e. The number of hydrogen-bond acceptors (Lipinski definition) is 4. The number of pyridine rings is 1. The molecule has 0 atom stereocenters. The summed E-state index contributed by atoms with van der Waals surface area (Å²) in [5, 5.41) is 2.96. The van der Waals surface area contributed by atoms with E-state index < -0.39 is 0 Å². The van der Waals surface area contributed by atoms with Crippen molar-refractivity contribution < 1.29 is 0 Å². The average Bonchev–Trinajstić information content (AvgIpc) is 2.35. The summed E-state index contributed by atoms with van der Waals surface area (Å²) in [4.78, 5) is 20.2. The van der Waals surface area contributed by atoms with Gasteiger partial charge >= 0.3 is 0 Å². The second kappa shape index (κ2) is 5.26. The zero-order valence-corrected chi connectivity index (χ0v) is 11.4. The van der Waals surface area contributed by atoms with Gasteiger partial charge in [0.25, 0.3) is 5.56 Å². The van der Waals surface area contributed by atoms with Crippen molar-refractivity contribution in [2.24, 2.45) is 0 Å². The molecule has 0 fully saturated rings. The summed E-state index contributed by atoms with van der Waals surface area (Å²) in [5.41, 5.74) is 0.778. The average molecular weight is 342 g/mol. The fraction of sp³-hybridized carbons (Fsp3) is 0.182. The molecule has 2 heterocycles. The number of nitrogens with zero attached hydrogens (tertiary/aromatic N) is 3. The van der Waals surface area contributed by atoms with Crippen LogP contribution in [0.25, 0.3) is 0 Å². The molecule has 17 heavy (non-hydrogen) atoms. The minimum absolute atomic E-state index is 0.0442. The van der Waals surface area contributed by atoms with Crippen LogP contribution in [0.3, 0.4) is 0 Å². The number of halogens is 1. The van der Waals surface area contributed by atoms with Crippen LogP contribution in [0.2, 0.25) is 0 Å². The van der Waals surface area contributed by atoms with Crippen molar-refractivity contribution in [2.75, 3.05) is 12.4 Å². The summed E-state index contributed by atoms with van der Waals surface area (Å²) in [6.45, 7) is 0.429. The lowest BCUT2D eigenvalue weighted by atomic mass is 10.3. The van der Waals surface area contributed by atoms with Crippen molar-refractivity contribution in [3.8, 4) is 0 Å². The van der Waals surface area contributed by atoms with E-state index in [4.69, 9.17) is 0 Å². The van der Waals surface area contributed by atoms with Gasteiger partial charge in [-0.1, -0.05) is 6.07 Å². The van der Waals surface area contributed by atoms with Crippen LogP contribution in [-0.4, -0.2) is 21.6 Å². The monoisotopic (exact) mass is 342 g/mol. The quantitative estimate of drug-likeness (QED) is 0.856. The zero-order chi connectivity index (χ0) is 12.3. The van der Waals surface area contributed by atoms with Gasteiger partial charge in [0.15, 0.2) is 0 Å². The topological polar surface area (TPSA) is 59.8 Å². The van der Waals surface area contributed by atoms with E-state index in [1.54, 1.807) is 10.8 Å². The summed E-state index contributed by atoms with van der Waals surface area (Å²) in [6.07, 6.45) is 3.08. The molecule has 0 saturated carbocycles. The van der Waals surface area contributed by atoms with Gasteiger partial charge in [0, 0.05) is 13.2 Å². The minimum Gasteiger partial charge on any atom is -0.373 e. The number of aromatic nitrogens is 3. The maximum Gasteiger partial charge on any atom is 0.267 e. The van der Waals surface area contributed by atoms with E-state index in [0.717, 1.165) is 11.5 Å². The summed E-state index contributed by atoms with van der Waals surface area (Å²) in [6, 6.07) is 5.66. The highest BCUT2D eigenvalue weighted by Crippen LogP contribution is 2.04. The van der Waals surface area contributed by atoms with Gasteiger partial charge in [-0.2, -0.15) is 0 Å². The Bertz CT molecular complexity index is 582. The standard InChI is InChI=1S/C11H11IN4O/c1-13-10-4-2-3-8(15-10)6-16-7-14-5-9(12)11(16)17/h2-5,7H,6H2,1H3,(H,13,15). The van der Waals surface area contributed by atoms with Crippen LogP contribution in [0, 0.1) is 3.57 Å². The molecular weight excluding hydrogens is 331 g/mol. The van der Waals surface area contributed by atoms with E-state index >= 15 is 0 Å². The van der Waals surface area contributed by atoms with Crippen molar-refractivity contribution in [2.45, 2.75) is 6.54 Å². The molecule has 88 valence electrons. The number of rotatable bonds is 3. The Morgan fingerprint density at radius 1 is 1.47 bits per heavy atom. The first-order valence-corrected chi connectivity index (χ1v) is 6.12. The lowest BCUT2D eigenvalue weighted by molar-refractivity contribution is 0.714. The third-order valence-corrected chi connectivity index (χ3v) is 2.99. The van der Waals surface area contributed by atoms with Crippen LogP contribution in [0.5, 0.6) is 0 Å². The maximum atomic E-state index is 11.8. The van der Waals surface area contributed by atoms with Crippen molar-refractivity contribution in [1.29, 1.82) is 0 Å². The predicted octanol–water partition coefficient (Wildman–Crippen LogP) is 1.33. The van der Waals surface area contributed by atoms with Crippen LogP contribution in [0.1, 0.15) is 5.69 Å². The van der Waals surface area contributed by atoms with E-state index in [2.05, 4.69) is 15.3 Å². The molecule has 0 aliphatic heterocycles. The van der Waals surface area contributed by atoms with Crippen molar-refractivity contribution in [3.05, 3.63) is 50.3 Å². The Hall–Kier alpha value is -1.44. The molecule has 1 N–H and O–H groups in total. The van der Waals surface area contributed by atoms with E-state index in [-0.39, 0.29) is 5.56 Å². The van der Waals surface area contributed by atoms with E-state index in [0.29, 0.717) is 10.1 Å². The Morgan fingerprint density at radius 3 is 3.06 bits per heavy atom. The van der Waals surface area contributed by atoms with Crippen molar-refractivity contribution >= 4 is 28.4 Å². The smallest absolute Gasteiger partial charge is 0.267 e. The number of nitrogens with one attached hydrogen (secondary N) is 1. The molecule has 0 saturated heterocycles. The van der Waals surface area contributed by atoms with Gasteiger partial charge in [-0.3, -0.25) is 9.36 Å². The molecule has 0 aromatic carbocycles. The Kier molecular flexibility index (Phi) is 3.72. The van der Waals surface area contributed by atoms with Gasteiger partial charge in [0.2, 0.25) is 0 Å². The molecule has 0 bridgehead atoms. The Balaban J connectivity index is 2.31. The third-order valence-electron chi connectivity index (χ3n) is 2.25. The highest BCUT2D eigenvalue weighted by atomic mass is 127. The predicted molar refractivity (Wildman–Crippen MR) is 74.1 cm³/mol. The van der Waals surface area contributed by atoms with E-state index in [9.17, 15) is 4.79 Å². The van der Waals surface area contributed by atoms with Gasteiger partial charge in [-0.15, -0.1) is 0 Å². The molecule has 2 rings (SSSR count). The Morgan fingerprint density at radius 2 is 2.29 bits per heavy atom. The first-order valence-electron chi connectivity index (χ1n) is 5.04. The first-order chi connectivity index (χ1) is 8.20. The molecule has 0 aliphatic carbocycles. The van der Waals surface area contributed by atoms with Gasteiger partial charge < -0.3 is 5.32 Å². The van der Waals surface area contributed by atoms with Crippen LogP contribution >= 0.6 is 22.6 Å². The van der Waals surface area contributed by atoms with Gasteiger partial charge in [0.05, 0.1) is 22.1 Å². The molecule has 5 nitrogen and oxygen atoms in total. The lowest BCUT2D eigenvalue weighted by Gasteiger charge is -2.06. The summed E-state index contributed by atoms with van der Waals surface area (Å²) < 4.78 is 2.15. The van der Waals surface area contributed by atoms with Crippen LogP contribution in [0.15, 0.2) is 35.5 Å². The molecule has 2 aromatic heterocycles. The summed E-state index contributed by atoms with van der Waals surface area (Å²) in [5.74, 6) is 0.786. The molecule has 6 heteroatoms. The van der Waals surface area contributed by atoms with E-state index in [1.165, 1.54) is 6.33 Å². The SMILES string of the molecule is CNc1cccc(Cn2cncc(I)c2=O)n1. The van der Waals surface area contributed by atoms with Crippen LogP contribution in [-0.2, 0) is 6.54 Å². The van der Waals surface area contributed by atoms with Gasteiger partial charge in [-0.05, 0) is 34.7 Å². The Labute approximate surface area is 112 Å². The normalized spacial score (nSPS) is 10.2. The van der Waals surface area contributed by atoms with Crippen molar-refractivity contribution in [3.63, 3.8) is 0 Å². The molecule has 2 aromatic rings. The van der Waals surface area contributed by atoms with E-state index in [1.807, 2.05) is 47.8 Å². The molecule has 0 aliphatic rings. The lowest BCUT2D eigenvalue weighted by Crippen LogP contribution is -2.23. The number of hydrogen-bond donors (Lipinski definition) is 1. The van der Waals surface area contributed by atoms with Crippen molar-refractivity contribution in [1.82, 2.24) is 14.5 Å². The van der Waals surface area contributed by atoms with Crippen LogP contribution < -0.4 is 10.9 Å². The number of anilines is 1. The second-order valence-corrected chi connectivity index (χ2v) is 4.60. The van der Waals surface area contributed by atoms with Gasteiger partial charge in [-0.25, -0.2) is 9.97 Å². The minimum atomic E-state index is -0.0442. The molecular formula is C11H11IN4O. The van der Waals surface area contributed by atoms with Gasteiger partial charge in [0.1, 0.15) is 5.82 Å². The highest BCUT2D eigenvalue weighted by molar-refractivity contribution is 14.1. The summed E-state index contributed by atoms with van der Waals surface area (Å²) in [7, 11) is 1.81. The zero-order valence-electron chi connectivity index (χ0n) is 9.22. The fourth-order valence-corrected chi connectivity index (χ4v) is 1.89. The fourth-order valence-electron chi connectivity index (χ4n) is 1.42. The molecule has 0 spiro atoms. The second-order valence-electron chi connectivity index (χ2n) is 3.44. The highest BCUT2D eigenvalue weighted by Gasteiger charge is 2.03. The first kappa shape index (κ1) is 12.0. The third kappa shape index (κ3) is 2.82. The molecule has 0 amide bonds. The van der Waals surface area contributed by atoms with Crippen LogP contribution in [0.4, 0.5) is 5.82 Å².